The molecule has 1 aromatic heterocycles. The molecule has 2 aromatic carbocycles. The quantitative estimate of drug-likeness (QED) is 0.594. The van der Waals surface area contributed by atoms with Crippen LogP contribution >= 0.6 is 0 Å². The van der Waals surface area contributed by atoms with Gasteiger partial charge < -0.3 is 5.32 Å². The summed E-state index contributed by atoms with van der Waals surface area (Å²) in [6.45, 7) is 1.64. The van der Waals surface area contributed by atoms with Crippen LogP contribution in [0.15, 0.2) is 54.6 Å². The highest BCUT2D eigenvalue weighted by atomic mass is 16.6. The predicted molar refractivity (Wildman–Crippen MR) is 91.1 cm³/mol. The molecule has 0 radical (unpaired) electrons. The largest absolute Gasteiger partial charge is 0.312 e. The Morgan fingerprint density at radius 1 is 1.12 bits per heavy atom. The molecule has 3 aromatic rings. The van der Waals surface area contributed by atoms with E-state index in [1.54, 1.807) is 12.1 Å². The smallest absolute Gasteiger partial charge is 0.271 e. The fraction of sp³-hybridized carbons (Fsp3) is 0.167. The lowest BCUT2D eigenvalue weighted by Gasteiger charge is -2.15. The highest BCUT2D eigenvalue weighted by molar-refractivity contribution is 5.65. The molecule has 1 aliphatic heterocycles. The van der Waals surface area contributed by atoms with E-state index < -0.39 is 0 Å². The molecule has 0 amide bonds. The fourth-order valence-corrected chi connectivity index (χ4v) is 3.13. The third kappa shape index (κ3) is 2.47. The first-order valence-electron chi connectivity index (χ1n) is 7.86. The Kier molecular flexibility index (Phi) is 3.59. The van der Waals surface area contributed by atoms with E-state index in [1.807, 2.05) is 41.1 Å². The van der Waals surface area contributed by atoms with E-state index in [2.05, 4.69) is 5.32 Å². The summed E-state index contributed by atoms with van der Waals surface area (Å²) in [5, 5.41) is 19.2. The van der Waals surface area contributed by atoms with Gasteiger partial charge in [-0.15, -0.1) is 0 Å². The predicted octanol–water partition coefficient (Wildman–Crippen LogP) is 3.09. The highest BCUT2D eigenvalue weighted by Crippen LogP contribution is 2.30. The molecule has 2 heterocycles. The van der Waals surface area contributed by atoms with Gasteiger partial charge in [0.05, 0.1) is 22.0 Å². The second-order valence-corrected chi connectivity index (χ2v) is 5.76. The highest BCUT2D eigenvalue weighted by Gasteiger charge is 2.22. The van der Waals surface area contributed by atoms with Crippen molar-refractivity contribution in [1.82, 2.24) is 15.1 Å². The SMILES string of the molecule is O=[N+]([O-])c1cccc(-n2nc(-c3ccccc3)c3c2CCNC3)c1. The lowest BCUT2D eigenvalue weighted by atomic mass is 10.0. The molecular weight excluding hydrogens is 304 g/mol. The number of rotatable bonds is 3. The number of hydrogen-bond acceptors (Lipinski definition) is 4. The minimum Gasteiger partial charge on any atom is -0.312 e. The number of nitro benzene ring substituents is 1. The van der Waals surface area contributed by atoms with Gasteiger partial charge in [0.1, 0.15) is 0 Å². The second kappa shape index (κ2) is 5.90. The Bertz CT molecular complexity index is 903. The second-order valence-electron chi connectivity index (χ2n) is 5.76. The Labute approximate surface area is 138 Å². The molecule has 0 saturated carbocycles. The van der Waals surface area contributed by atoms with Crippen molar-refractivity contribution in [2.24, 2.45) is 0 Å². The van der Waals surface area contributed by atoms with Gasteiger partial charge >= 0.3 is 0 Å². The van der Waals surface area contributed by atoms with Gasteiger partial charge in [-0.1, -0.05) is 36.4 Å². The Morgan fingerprint density at radius 3 is 2.75 bits per heavy atom. The van der Waals surface area contributed by atoms with Gasteiger partial charge in [0.15, 0.2) is 0 Å². The number of benzene rings is 2. The molecule has 120 valence electrons. The van der Waals surface area contributed by atoms with Gasteiger partial charge in [0.2, 0.25) is 0 Å². The summed E-state index contributed by atoms with van der Waals surface area (Å²) in [5.74, 6) is 0. The van der Waals surface area contributed by atoms with E-state index in [0.717, 1.165) is 42.1 Å². The van der Waals surface area contributed by atoms with Crippen LogP contribution < -0.4 is 5.32 Å². The fourth-order valence-electron chi connectivity index (χ4n) is 3.13. The lowest BCUT2D eigenvalue weighted by molar-refractivity contribution is -0.384. The number of fused-ring (bicyclic) bond motifs is 1. The monoisotopic (exact) mass is 320 g/mol. The molecular formula is C18H16N4O2. The van der Waals surface area contributed by atoms with Crippen LogP contribution in [-0.2, 0) is 13.0 Å². The molecule has 0 unspecified atom stereocenters. The van der Waals surface area contributed by atoms with Crippen molar-refractivity contribution < 1.29 is 4.92 Å². The molecule has 1 aliphatic rings. The molecule has 4 rings (SSSR count). The molecule has 0 fully saturated rings. The minimum absolute atomic E-state index is 0.0759. The van der Waals surface area contributed by atoms with Gasteiger partial charge in [0, 0.05) is 42.8 Å². The maximum Gasteiger partial charge on any atom is 0.271 e. The van der Waals surface area contributed by atoms with E-state index in [0.29, 0.717) is 0 Å². The summed E-state index contributed by atoms with van der Waals surface area (Å²) in [5.41, 5.74) is 5.08. The number of nitro groups is 1. The molecule has 0 saturated heterocycles. The number of hydrogen-bond donors (Lipinski definition) is 1. The number of nitrogens with one attached hydrogen (secondary N) is 1. The van der Waals surface area contributed by atoms with Crippen LogP contribution in [0.3, 0.4) is 0 Å². The summed E-state index contributed by atoms with van der Waals surface area (Å²) in [7, 11) is 0. The standard InChI is InChI=1S/C18H16N4O2/c23-22(24)15-8-4-7-14(11-15)21-17-9-10-19-12-16(17)18(20-21)13-5-2-1-3-6-13/h1-8,11,19H,9-10,12H2. The van der Waals surface area contributed by atoms with Crippen LogP contribution in [-0.4, -0.2) is 21.2 Å². The van der Waals surface area contributed by atoms with Crippen molar-refractivity contribution in [2.45, 2.75) is 13.0 Å². The van der Waals surface area contributed by atoms with Gasteiger partial charge in [-0.25, -0.2) is 4.68 Å². The topological polar surface area (TPSA) is 73.0 Å². The summed E-state index contributed by atoms with van der Waals surface area (Å²) < 4.78 is 1.85. The third-order valence-electron chi connectivity index (χ3n) is 4.26. The van der Waals surface area contributed by atoms with Crippen molar-refractivity contribution in [1.29, 1.82) is 0 Å². The van der Waals surface area contributed by atoms with Crippen LogP contribution in [0.4, 0.5) is 5.69 Å². The molecule has 1 N–H and O–H groups in total. The van der Waals surface area contributed by atoms with Crippen LogP contribution in [0, 0.1) is 10.1 Å². The van der Waals surface area contributed by atoms with Crippen LogP contribution in [0.2, 0.25) is 0 Å². The molecule has 0 atom stereocenters. The van der Waals surface area contributed by atoms with Gasteiger partial charge in [0.25, 0.3) is 5.69 Å². The molecule has 6 nitrogen and oxygen atoms in total. The average Bonchev–Trinajstić information content (AvgIpc) is 3.02. The summed E-state index contributed by atoms with van der Waals surface area (Å²) in [4.78, 5) is 10.7. The van der Waals surface area contributed by atoms with E-state index in [1.165, 1.54) is 11.6 Å². The van der Waals surface area contributed by atoms with E-state index in [-0.39, 0.29) is 10.6 Å². The van der Waals surface area contributed by atoms with E-state index >= 15 is 0 Å². The van der Waals surface area contributed by atoms with Gasteiger partial charge in [-0.2, -0.15) is 5.10 Å². The first-order valence-corrected chi connectivity index (χ1v) is 7.86. The van der Waals surface area contributed by atoms with Crippen molar-refractivity contribution in [2.75, 3.05) is 6.54 Å². The summed E-state index contributed by atoms with van der Waals surface area (Å²) in [6, 6.07) is 16.7. The van der Waals surface area contributed by atoms with Crippen molar-refractivity contribution in [3.63, 3.8) is 0 Å². The molecule has 0 bridgehead atoms. The van der Waals surface area contributed by atoms with Crippen LogP contribution in [0.1, 0.15) is 11.3 Å². The van der Waals surface area contributed by atoms with Crippen LogP contribution in [0.5, 0.6) is 0 Å². The molecule has 6 heteroatoms. The Balaban J connectivity index is 1.89. The summed E-state index contributed by atoms with van der Waals surface area (Å²) >= 11 is 0. The van der Waals surface area contributed by atoms with E-state index in [4.69, 9.17) is 5.10 Å². The molecule has 0 spiro atoms. The Hall–Kier alpha value is -2.99. The molecule has 24 heavy (non-hydrogen) atoms. The third-order valence-corrected chi connectivity index (χ3v) is 4.26. The van der Waals surface area contributed by atoms with E-state index in [9.17, 15) is 10.1 Å². The maximum absolute atomic E-state index is 11.1. The molecule has 0 aliphatic carbocycles. The Morgan fingerprint density at radius 2 is 1.96 bits per heavy atom. The van der Waals surface area contributed by atoms with Gasteiger partial charge in [-0.3, -0.25) is 10.1 Å². The lowest BCUT2D eigenvalue weighted by Crippen LogP contribution is -2.24. The first-order chi connectivity index (χ1) is 11.7. The van der Waals surface area contributed by atoms with Gasteiger partial charge in [-0.05, 0) is 6.07 Å². The zero-order chi connectivity index (χ0) is 16.5. The first kappa shape index (κ1) is 14.6. The number of aromatic nitrogens is 2. The normalized spacial score (nSPS) is 13.5. The maximum atomic E-state index is 11.1. The minimum atomic E-state index is -0.376. The van der Waals surface area contributed by atoms with Crippen molar-refractivity contribution in [3.05, 3.63) is 76.0 Å². The average molecular weight is 320 g/mol. The van der Waals surface area contributed by atoms with Crippen molar-refractivity contribution >= 4 is 5.69 Å². The number of non-ortho nitro benzene ring substituents is 1. The summed E-state index contributed by atoms with van der Waals surface area (Å²) in [6.07, 6.45) is 0.845. The number of nitrogens with zero attached hydrogens (tertiary/aromatic N) is 3. The van der Waals surface area contributed by atoms with Crippen molar-refractivity contribution in [3.8, 4) is 16.9 Å². The zero-order valence-corrected chi connectivity index (χ0v) is 13.0. The van der Waals surface area contributed by atoms with Crippen LogP contribution in [0.25, 0.3) is 16.9 Å². The zero-order valence-electron chi connectivity index (χ0n) is 13.0.